The highest BCUT2D eigenvalue weighted by atomic mass is 32.1. The second-order valence-electron chi connectivity index (χ2n) is 4.89. The number of ether oxygens (including phenoxy) is 2. The molecule has 21 heavy (non-hydrogen) atoms. The van der Waals surface area contributed by atoms with Gasteiger partial charge in [0.15, 0.2) is 17.7 Å². The number of rotatable bonds is 7. The summed E-state index contributed by atoms with van der Waals surface area (Å²) in [7, 11) is 1.63. The fourth-order valence-corrected chi connectivity index (χ4v) is 1.74. The number of nitrogens with one attached hydrogen (secondary N) is 3. The first-order chi connectivity index (χ1) is 10.1. The van der Waals surface area contributed by atoms with E-state index in [-0.39, 0.29) is 0 Å². The van der Waals surface area contributed by atoms with Gasteiger partial charge in [0, 0.05) is 12.1 Å². The predicted octanol–water partition coefficient (Wildman–Crippen LogP) is 0.629. The quantitative estimate of drug-likeness (QED) is 0.392. The summed E-state index contributed by atoms with van der Waals surface area (Å²) in [4.78, 5) is 0. The third-order valence-electron chi connectivity index (χ3n) is 2.52. The SMILES string of the molecule is CCNC(=S)N[NH+]=Cc1ccc(OCC(C)C)c(OC)c1. The van der Waals surface area contributed by atoms with E-state index in [4.69, 9.17) is 21.7 Å². The highest BCUT2D eigenvalue weighted by Crippen LogP contribution is 2.27. The molecule has 0 saturated heterocycles. The van der Waals surface area contributed by atoms with E-state index in [2.05, 4.69) is 29.7 Å². The molecule has 116 valence electrons. The van der Waals surface area contributed by atoms with Crippen molar-refractivity contribution in [3.63, 3.8) is 0 Å². The van der Waals surface area contributed by atoms with Crippen molar-refractivity contribution in [3.8, 4) is 11.5 Å². The summed E-state index contributed by atoms with van der Waals surface area (Å²) in [5, 5.41) is 6.47. The molecule has 0 radical (unpaired) electrons. The Hall–Kier alpha value is -1.82. The molecule has 1 rings (SSSR count). The first kappa shape index (κ1) is 17.2. The van der Waals surface area contributed by atoms with Crippen molar-refractivity contribution in [3.05, 3.63) is 23.8 Å². The van der Waals surface area contributed by atoms with Gasteiger partial charge in [-0.2, -0.15) is 0 Å². The standard InChI is InChI=1S/C15H23N3O2S/c1-5-16-15(21)18-17-9-12-6-7-13(14(8-12)19-4)20-10-11(2)3/h6-9,11H,5,10H2,1-4H3,(H2,16,18,21)/p+1. The van der Waals surface area contributed by atoms with E-state index >= 15 is 0 Å². The maximum absolute atomic E-state index is 5.71. The Balaban J connectivity index is 2.68. The molecule has 0 bridgehead atoms. The Morgan fingerprint density at radius 2 is 2.14 bits per heavy atom. The van der Waals surface area contributed by atoms with Gasteiger partial charge in [0.05, 0.1) is 13.7 Å². The maximum atomic E-state index is 5.71. The zero-order valence-corrected chi connectivity index (χ0v) is 13.8. The minimum Gasteiger partial charge on any atom is -0.493 e. The summed E-state index contributed by atoms with van der Waals surface area (Å²) in [6.45, 7) is 7.65. The lowest BCUT2D eigenvalue weighted by Crippen LogP contribution is -2.82. The zero-order valence-electron chi connectivity index (χ0n) is 13.0. The van der Waals surface area contributed by atoms with Gasteiger partial charge in [0.25, 0.3) is 0 Å². The Bertz CT molecular complexity index is 490. The number of benzene rings is 1. The zero-order chi connectivity index (χ0) is 15.7. The summed E-state index contributed by atoms with van der Waals surface area (Å²) in [6.07, 6.45) is 1.80. The second-order valence-corrected chi connectivity index (χ2v) is 5.30. The summed E-state index contributed by atoms with van der Waals surface area (Å²) >= 11 is 5.05. The highest BCUT2D eigenvalue weighted by molar-refractivity contribution is 7.80. The molecule has 0 heterocycles. The van der Waals surface area contributed by atoms with Crippen molar-refractivity contribution in [2.45, 2.75) is 20.8 Å². The lowest BCUT2D eigenvalue weighted by atomic mass is 10.2. The molecular formula is C15H24N3O2S+. The summed E-state index contributed by atoms with van der Waals surface area (Å²) in [6, 6.07) is 5.75. The van der Waals surface area contributed by atoms with Gasteiger partial charge in [-0.15, -0.1) is 10.5 Å². The van der Waals surface area contributed by atoms with Crippen LogP contribution in [0.4, 0.5) is 0 Å². The van der Waals surface area contributed by atoms with Crippen LogP contribution in [-0.4, -0.2) is 31.6 Å². The lowest BCUT2D eigenvalue weighted by Gasteiger charge is -2.12. The molecule has 0 spiro atoms. The highest BCUT2D eigenvalue weighted by Gasteiger charge is 2.07. The van der Waals surface area contributed by atoms with E-state index in [1.807, 2.05) is 25.1 Å². The summed E-state index contributed by atoms with van der Waals surface area (Å²) in [5.74, 6) is 1.93. The predicted molar refractivity (Wildman–Crippen MR) is 88.9 cm³/mol. The number of methoxy groups -OCH3 is 1. The monoisotopic (exact) mass is 310 g/mol. The van der Waals surface area contributed by atoms with Crippen molar-refractivity contribution in [2.24, 2.45) is 5.92 Å². The average molecular weight is 310 g/mol. The van der Waals surface area contributed by atoms with Gasteiger partial charge < -0.3 is 14.8 Å². The maximum Gasteiger partial charge on any atom is 0.223 e. The molecule has 3 N–H and O–H groups in total. The van der Waals surface area contributed by atoms with Crippen molar-refractivity contribution in [1.82, 2.24) is 10.7 Å². The smallest absolute Gasteiger partial charge is 0.223 e. The van der Waals surface area contributed by atoms with Crippen molar-refractivity contribution >= 4 is 23.5 Å². The number of hydrogen-bond donors (Lipinski definition) is 3. The molecule has 0 fully saturated rings. The van der Waals surface area contributed by atoms with Gasteiger partial charge in [-0.3, -0.25) is 0 Å². The molecule has 0 aromatic heterocycles. The number of hydrazine groups is 1. The van der Waals surface area contributed by atoms with E-state index in [1.165, 1.54) is 0 Å². The largest absolute Gasteiger partial charge is 0.493 e. The average Bonchev–Trinajstić information content (AvgIpc) is 2.45. The van der Waals surface area contributed by atoms with Crippen LogP contribution in [0.15, 0.2) is 18.2 Å². The van der Waals surface area contributed by atoms with E-state index < -0.39 is 0 Å². The first-order valence-electron chi connectivity index (χ1n) is 7.00. The van der Waals surface area contributed by atoms with Gasteiger partial charge >= 0.3 is 0 Å². The fourth-order valence-electron chi connectivity index (χ4n) is 1.54. The van der Waals surface area contributed by atoms with Crippen molar-refractivity contribution in [2.75, 3.05) is 20.3 Å². The van der Waals surface area contributed by atoms with Gasteiger partial charge in [-0.1, -0.05) is 13.8 Å². The van der Waals surface area contributed by atoms with E-state index in [0.717, 1.165) is 17.9 Å². The van der Waals surface area contributed by atoms with Crippen LogP contribution in [0.5, 0.6) is 11.5 Å². The van der Waals surface area contributed by atoms with Crippen LogP contribution in [0.3, 0.4) is 0 Å². The van der Waals surface area contributed by atoms with Crippen LogP contribution in [-0.2, 0) is 0 Å². The minimum atomic E-state index is 0.471. The third-order valence-corrected chi connectivity index (χ3v) is 2.77. The Labute approximate surface area is 131 Å². The van der Waals surface area contributed by atoms with Gasteiger partial charge in [-0.25, -0.2) is 0 Å². The molecule has 6 heteroatoms. The molecule has 0 aliphatic carbocycles. The molecule has 0 aliphatic heterocycles. The summed E-state index contributed by atoms with van der Waals surface area (Å²) in [5.41, 5.74) is 3.82. The number of hydrazone groups is 1. The Morgan fingerprint density at radius 1 is 1.38 bits per heavy atom. The van der Waals surface area contributed by atoms with Crippen LogP contribution >= 0.6 is 12.2 Å². The van der Waals surface area contributed by atoms with Crippen LogP contribution in [0, 0.1) is 5.92 Å². The second kappa shape index (κ2) is 9.18. The van der Waals surface area contributed by atoms with Gasteiger partial charge in [0.1, 0.15) is 0 Å². The topological polar surface area (TPSA) is 56.5 Å². The molecule has 0 saturated carbocycles. The third kappa shape index (κ3) is 6.44. The molecule has 1 aromatic carbocycles. The van der Waals surface area contributed by atoms with Gasteiger partial charge in [-0.05, 0) is 43.3 Å². The van der Waals surface area contributed by atoms with Crippen molar-refractivity contribution in [1.29, 1.82) is 0 Å². The Morgan fingerprint density at radius 3 is 2.76 bits per heavy atom. The van der Waals surface area contributed by atoms with Crippen LogP contribution in [0.1, 0.15) is 26.3 Å². The molecule has 0 atom stereocenters. The molecule has 1 aromatic rings. The van der Waals surface area contributed by atoms with E-state index in [1.54, 1.807) is 13.3 Å². The molecule has 5 nitrogen and oxygen atoms in total. The molecule has 0 amide bonds. The Kier molecular flexibility index (Phi) is 7.53. The van der Waals surface area contributed by atoms with Crippen LogP contribution in [0.2, 0.25) is 0 Å². The van der Waals surface area contributed by atoms with E-state index in [0.29, 0.717) is 23.4 Å². The summed E-state index contributed by atoms with van der Waals surface area (Å²) < 4.78 is 11.1. The lowest BCUT2D eigenvalue weighted by molar-refractivity contribution is -0.500. The molecule has 0 aliphatic rings. The normalized spacial score (nSPS) is 10.7. The molecular weight excluding hydrogens is 286 g/mol. The number of hydrogen-bond acceptors (Lipinski definition) is 3. The molecule has 0 unspecified atom stereocenters. The van der Waals surface area contributed by atoms with Crippen molar-refractivity contribution < 1.29 is 14.6 Å². The number of thiocarbonyl (C=S) groups is 1. The van der Waals surface area contributed by atoms with E-state index in [9.17, 15) is 0 Å². The van der Waals surface area contributed by atoms with Crippen LogP contribution in [0.25, 0.3) is 0 Å². The van der Waals surface area contributed by atoms with Gasteiger partial charge in [0.2, 0.25) is 5.11 Å². The van der Waals surface area contributed by atoms with Crippen LogP contribution < -0.4 is 25.3 Å². The fraction of sp³-hybridized carbons (Fsp3) is 0.467. The first-order valence-corrected chi connectivity index (χ1v) is 7.41. The minimum absolute atomic E-state index is 0.471.